The molecule has 18 heavy (non-hydrogen) atoms. The van der Waals surface area contributed by atoms with Gasteiger partial charge in [-0.2, -0.15) is 0 Å². The van der Waals surface area contributed by atoms with Gasteiger partial charge in [-0.05, 0) is 43.2 Å². The Morgan fingerprint density at radius 2 is 2.11 bits per heavy atom. The molecule has 2 nitrogen and oxygen atoms in total. The molecule has 0 radical (unpaired) electrons. The Bertz CT molecular complexity index is 552. The van der Waals surface area contributed by atoms with Crippen molar-refractivity contribution in [3.05, 3.63) is 65.2 Å². The molecule has 2 aromatic rings. The van der Waals surface area contributed by atoms with Crippen molar-refractivity contribution >= 4 is 5.78 Å². The number of pyridine rings is 1. The highest BCUT2D eigenvalue weighted by Crippen LogP contribution is 2.13. The number of hydrogen-bond donors (Lipinski definition) is 0. The van der Waals surface area contributed by atoms with Crippen LogP contribution in [0.15, 0.2) is 42.6 Å². The molecular weight excluding hydrogens is 229 g/mol. The molecule has 0 saturated carbocycles. The van der Waals surface area contributed by atoms with Crippen LogP contribution in [0.3, 0.4) is 0 Å². The number of aryl methyl sites for hydroxylation is 2. The Kier molecular flexibility index (Phi) is 3.82. The summed E-state index contributed by atoms with van der Waals surface area (Å²) < 4.78 is 13.1. The fourth-order valence-electron chi connectivity index (χ4n) is 1.82. The first-order valence-electron chi connectivity index (χ1n) is 5.86. The molecule has 0 N–H and O–H groups in total. The molecule has 0 unspecified atom stereocenters. The van der Waals surface area contributed by atoms with Gasteiger partial charge in [-0.25, -0.2) is 4.39 Å². The highest BCUT2D eigenvalue weighted by molar-refractivity contribution is 5.97. The van der Waals surface area contributed by atoms with Crippen LogP contribution in [0.2, 0.25) is 0 Å². The second-order valence-corrected chi connectivity index (χ2v) is 4.20. The number of nitrogens with zero attached hydrogens (tertiary/aromatic N) is 1. The molecule has 0 amide bonds. The molecule has 0 aliphatic rings. The summed E-state index contributed by atoms with van der Waals surface area (Å²) in [6.07, 6.45) is 2.63. The molecule has 0 aliphatic heterocycles. The van der Waals surface area contributed by atoms with Gasteiger partial charge in [-0.15, -0.1) is 0 Å². The molecule has 1 aromatic heterocycles. The number of carbonyl (C=O) groups is 1. The van der Waals surface area contributed by atoms with E-state index in [2.05, 4.69) is 4.98 Å². The van der Waals surface area contributed by atoms with E-state index in [-0.39, 0.29) is 11.6 Å². The number of aromatic nitrogens is 1. The van der Waals surface area contributed by atoms with Gasteiger partial charge in [-0.1, -0.05) is 12.1 Å². The lowest BCUT2D eigenvalue weighted by Crippen LogP contribution is -2.04. The van der Waals surface area contributed by atoms with Gasteiger partial charge in [-0.3, -0.25) is 9.78 Å². The van der Waals surface area contributed by atoms with E-state index in [9.17, 15) is 9.18 Å². The summed E-state index contributed by atoms with van der Waals surface area (Å²) >= 11 is 0. The topological polar surface area (TPSA) is 30.0 Å². The molecule has 1 heterocycles. The summed E-state index contributed by atoms with van der Waals surface area (Å²) in [7, 11) is 0. The molecule has 0 bridgehead atoms. The first-order chi connectivity index (χ1) is 8.66. The van der Waals surface area contributed by atoms with E-state index >= 15 is 0 Å². The predicted molar refractivity (Wildman–Crippen MR) is 68.0 cm³/mol. The second kappa shape index (κ2) is 5.54. The van der Waals surface area contributed by atoms with Crippen LogP contribution in [-0.2, 0) is 6.42 Å². The van der Waals surface area contributed by atoms with E-state index in [1.165, 1.54) is 12.1 Å². The van der Waals surface area contributed by atoms with Gasteiger partial charge in [0.1, 0.15) is 5.82 Å². The van der Waals surface area contributed by atoms with Crippen LogP contribution in [0.5, 0.6) is 0 Å². The number of rotatable bonds is 4. The molecule has 92 valence electrons. The average molecular weight is 243 g/mol. The zero-order chi connectivity index (χ0) is 13.0. The Morgan fingerprint density at radius 1 is 1.28 bits per heavy atom. The van der Waals surface area contributed by atoms with Crippen molar-refractivity contribution < 1.29 is 9.18 Å². The van der Waals surface area contributed by atoms with E-state index in [4.69, 9.17) is 0 Å². The molecule has 2 rings (SSSR count). The Labute approximate surface area is 105 Å². The maximum atomic E-state index is 13.1. The fraction of sp³-hybridized carbons (Fsp3) is 0.200. The van der Waals surface area contributed by atoms with E-state index in [1.807, 2.05) is 25.1 Å². The van der Waals surface area contributed by atoms with Crippen LogP contribution in [0, 0.1) is 12.7 Å². The Hall–Kier alpha value is -2.03. The average Bonchev–Trinajstić information content (AvgIpc) is 2.40. The number of benzene rings is 1. The van der Waals surface area contributed by atoms with Crippen LogP contribution < -0.4 is 0 Å². The summed E-state index contributed by atoms with van der Waals surface area (Å²) in [4.78, 5) is 16.2. The van der Waals surface area contributed by atoms with Crippen molar-refractivity contribution in [2.75, 3.05) is 0 Å². The van der Waals surface area contributed by atoms with E-state index in [1.54, 1.807) is 12.3 Å². The van der Waals surface area contributed by atoms with Gasteiger partial charge in [0.25, 0.3) is 0 Å². The van der Waals surface area contributed by atoms with Gasteiger partial charge < -0.3 is 0 Å². The monoisotopic (exact) mass is 243 g/mol. The Balaban J connectivity index is 2.06. The molecule has 0 atom stereocenters. The van der Waals surface area contributed by atoms with Crippen LogP contribution in [0.25, 0.3) is 0 Å². The van der Waals surface area contributed by atoms with Gasteiger partial charge in [0.15, 0.2) is 5.78 Å². The molecule has 0 fully saturated rings. The highest BCUT2D eigenvalue weighted by atomic mass is 19.1. The summed E-state index contributed by atoms with van der Waals surface area (Å²) in [5.74, 6) is -0.417. The first kappa shape index (κ1) is 12.4. The van der Waals surface area contributed by atoms with Crippen LogP contribution in [-0.4, -0.2) is 10.8 Å². The number of ketones is 1. The lowest BCUT2D eigenvalue weighted by Gasteiger charge is -2.05. The number of carbonyl (C=O) groups excluding carboxylic acids is 1. The van der Waals surface area contributed by atoms with E-state index in [0.29, 0.717) is 18.4 Å². The van der Waals surface area contributed by atoms with Crippen LogP contribution in [0.4, 0.5) is 4.39 Å². The Morgan fingerprint density at radius 3 is 2.83 bits per heavy atom. The van der Waals surface area contributed by atoms with Gasteiger partial charge in [0.05, 0.1) is 0 Å². The number of Topliss-reactive ketones (excluding diaryl/α,β-unsaturated/α-hetero) is 1. The minimum absolute atomic E-state index is 0.0438. The lowest BCUT2D eigenvalue weighted by molar-refractivity contribution is 0.0981. The van der Waals surface area contributed by atoms with Gasteiger partial charge >= 0.3 is 0 Å². The number of halogens is 1. The molecule has 1 aromatic carbocycles. The molecule has 0 saturated heterocycles. The van der Waals surface area contributed by atoms with Crippen molar-refractivity contribution in [2.45, 2.75) is 19.8 Å². The smallest absolute Gasteiger partial charge is 0.163 e. The molecule has 0 spiro atoms. The minimum atomic E-state index is -0.373. The predicted octanol–water partition coefficient (Wildman–Crippen LogP) is 3.34. The summed E-state index contributed by atoms with van der Waals surface area (Å²) in [6.45, 7) is 1.81. The summed E-state index contributed by atoms with van der Waals surface area (Å²) in [6, 6.07) is 9.90. The van der Waals surface area contributed by atoms with Crippen molar-refractivity contribution in [1.82, 2.24) is 4.98 Å². The SMILES string of the molecule is Cc1ccc(F)cc1C(=O)CCc1ccccn1. The molecule has 0 aliphatic carbocycles. The van der Waals surface area contributed by atoms with Crippen molar-refractivity contribution in [1.29, 1.82) is 0 Å². The third-order valence-electron chi connectivity index (χ3n) is 2.83. The lowest BCUT2D eigenvalue weighted by atomic mass is 10.0. The van der Waals surface area contributed by atoms with Crippen molar-refractivity contribution in [3.63, 3.8) is 0 Å². The zero-order valence-corrected chi connectivity index (χ0v) is 10.2. The summed E-state index contributed by atoms with van der Waals surface area (Å²) in [5.41, 5.74) is 2.15. The molecular formula is C15H14FNO. The maximum Gasteiger partial charge on any atom is 0.163 e. The normalized spacial score (nSPS) is 10.3. The van der Waals surface area contributed by atoms with E-state index in [0.717, 1.165) is 11.3 Å². The summed E-state index contributed by atoms with van der Waals surface area (Å²) in [5, 5.41) is 0. The van der Waals surface area contributed by atoms with Crippen molar-refractivity contribution in [3.8, 4) is 0 Å². The largest absolute Gasteiger partial charge is 0.294 e. The fourth-order valence-corrected chi connectivity index (χ4v) is 1.82. The third-order valence-corrected chi connectivity index (χ3v) is 2.83. The molecule has 3 heteroatoms. The number of hydrogen-bond acceptors (Lipinski definition) is 2. The van der Waals surface area contributed by atoms with E-state index < -0.39 is 0 Å². The first-order valence-corrected chi connectivity index (χ1v) is 5.86. The maximum absolute atomic E-state index is 13.1. The second-order valence-electron chi connectivity index (χ2n) is 4.20. The minimum Gasteiger partial charge on any atom is -0.294 e. The highest BCUT2D eigenvalue weighted by Gasteiger charge is 2.10. The van der Waals surface area contributed by atoms with Gasteiger partial charge in [0, 0.05) is 23.9 Å². The van der Waals surface area contributed by atoms with Crippen LogP contribution in [0.1, 0.15) is 28.0 Å². The van der Waals surface area contributed by atoms with Gasteiger partial charge in [0.2, 0.25) is 0 Å². The van der Waals surface area contributed by atoms with Crippen molar-refractivity contribution in [2.24, 2.45) is 0 Å². The third kappa shape index (κ3) is 3.00. The quantitative estimate of drug-likeness (QED) is 0.771. The standard InChI is InChI=1S/C15H14FNO/c1-11-5-6-12(16)10-14(11)15(18)8-7-13-4-2-3-9-17-13/h2-6,9-10H,7-8H2,1H3. The zero-order valence-electron chi connectivity index (χ0n) is 10.2. The van der Waals surface area contributed by atoms with Crippen LogP contribution >= 0.6 is 0 Å².